The Kier molecular flexibility index (Phi) is 3.82. The summed E-state index contributed by atoms with van der Waals surface area (Å²) in [7, 11) is 1.81. The van der Waals surface area contributed by atoms with Crippen LogP contribution in [0.4, 0.5) is 5.82 Å². The third kappa shape index (κ3) is 2.57. The molecule has 0 unspecified atom stereocenters. The van der Waals surface area contributed by atoms with Crippen molar-refractivity contribution in [2.45, 2.75) is 13.1 Å². The van der Waals surface area contributed by atoms with E-state index in [2.05, 4.69) is 15.3 Å². The van der Waals surface area contributed by atoms with Gasteiger partial charge in [-0.1, -0.05) is 24.3 Å². The molecule has 0 bridgehead atoms. The third-order valence-electron chi connectivity index (χ3n) is 5.36. The van der Waals surface area contributed by atoms with Gasteiger partial charge in [-0.3, -0.25) is 19.2 Å². The number of hydrogen-bond donors (Lipinski definition) is 2. The van der Waals surface area contributed by atoms with Crippen LogP contribution in [0.1, 0.15) is 21.6 Å². The number of carbonyl (C=O) groups is 1. The average Bonchev–Trinajstić information content (AvgIpc) is 3.28. The summed E-state index contributed by atoms with van der Waals surface area (Å²) in [5.74, 6) is 0.657. The maximum absolute atomic E-state index is 13.0. The number of aromatic nitrogens is 4. The molecule has 3 heterocycles. The van der Waals surface area contributed by atoms with E-state index >= 15 is 0 Å². The Bertz CT molecular complexity index is 1340. The van der Waals surface area contributed by atoms with Crippen molar-refractivity contribution in [3.05, 3.63) is 75.8 Å². The van der Waals surface area contributed by atoms with E-state index in [1.54, 1.807) is 21.8 Å². The summed E-state index contributed by atoms with van der Waals surface area (Å²) in [6.45, 7) is 0.695. The lowest BCUT2D eigenvalue weighted by Gasteiger charge is -2.18. The first-order valence-corrected chi connectivity index (χ1v) is 9.22. The Labute approximate surface area is 165 Å². The maximum atomic E-state index is 13.0. The molecule has 2 aromatic carbocycles. The van der Waals surface area contributed by atoms with Crippen LogP contribution >= 0.6 is 0 Å². The molecule has 1 aliphatic rings. The van der Waals surface area contributed by atoms with Crippen molar-refractivity contribution in [3.63, 3.8) is 0 Å². The number of benzene rings is 2. The molecule has 8 nitrogen and oxygen atoms in total. The van der Waals surface area contributed by atoms with Gasteiger partial charge in [-0.15, -0.1) is 0 Å². The fraction of sp³-hybridized carbons (Fsp3) is 0.143. The minimum absolute atomic E-state index is 0.0491. The number of amides is 1. The number of carbonyl (C=O) groups excluding carboxylic acids is 1. The number of hydrogen-bond acceptors (Lipinski definition) is 5. The van der Waals surface area contributed by atoms with Crippen LogP contribution in [0.25, 0.3) is 21.9 Å². The molecule has 4 aromatic rings. The van der Waals surface area contributed by atoms with Gasteiger partial charge in [-0.25, -0.2) is 5.10 Å². The topological polar surface area (TPSA) is 110 Å². The van der Waals surface area contributed by atoms with Crippen LogP contribution in [0.2, 0.25) is 0 Å². The molecule has 0 fully saturated rings. The molecule has 29 heavy (non-hydrogen) atoms. The summed E-state index contributed by atoms with van der Waals surface area (Å²) in [4.78, 5) is 26.8. The largest absolute Gasteiger partial charge is 0.325 e. The van der Waals surface area contributed by atoms with Gasteiger partial charge in [-0.2, -0.15) is 10.2 Å². The van der Waals surface area contributed by atoms with E-state index in [0.29, 0.717) is 34.4 Å². The highest BCUT2D eigenvalue weighted by Gasteiger charge is 2.32. The lowest BCUT2D eigenvalue weighted by atomic mass is 10.0. The lowest BCUT2D eigenvalue weighted by molar-refractivity contribution is 0.0995. The van der Waals surface area contributed by atoms with Crippen LogP contribution in [0, 0.1) is 0 Å². The second-order valence-electron chi connectivity index (χ2n) is 7.02. The van der Waals surface area contributed by atoms with Gasteiger partial charge in [0.05, 0.1) is 23.8 Å². The van der Waals surface area contributed by atoms with Gasteiger partial charge in [0.25, 0.3) is 11.5 Å². The second kappa shape index (κ2) is 6.39. The van der Waals surface area contributed by atoms with Crippen LogP contribution in [-0.4, -0.2) is 25.9 Å². The molecule has 3 N–H and O–H groups in total. The first-order chi connectivity index (χ1) is 14.1. The predicted molar refractivity (Wildman–Crippen MR) is 109 cm³/mol. The van der Waals surface area contributed by atoms with E-state index < -0.39 is 0 Å². The van der Waals surface area contributed by atoms with Gasteiger partial charge in [0, 0.05) is 30.1 Å². The first-order valence-electron chi connectivity index (χ1n) is 9.22. The Morgan fingerprint density at radius 3 is 2.72 bits per heavy atom. The van der Waals surface area contributed by atoms with Crippen molar-refractivity contribution < 1.29 is 4.79 Å². The van der Waals surface area contributed by atoms with E-state index in [1.165, 1.54) is 0 Å². The lowest BCUT2D eigenvalue weighted by Crippen LogP contribution is -2.26. The van der Waals surface area contributed by atoms with Gasteiger partial charge in [-0.05, 0) is 29.3 Å². The van der Waals surface area contributed by atoms with E-state index in [4.69, 9.17) is 5.73 Å². The zero-order valence-corrected chi connectivity index (χ0v) is 15.7. The highest BCUT2D eigenvalue weighted by atomic mass is 16.2. The Balaban J connectivity index is 1.67. The summed E-state index contributed by atoms with van der Waals surface area (Å²) < 4.78 is 1.70. The molecule has 1 amide bonds. The zero-order chi connectivity index (χ0) is 20.1. The molecule has 0 atom stereocenters. The highest BCUT2D eigenvalue weighted by Crippen LogP contribution is 2.36. The normalized spacial score (nSPS) is 13.3. The SMILES string of the molecule is Cn1ncc(-c2ccc3c(=O)[nH]nc(CN)c3c2)c1N1Cc2ccccc2C1=O. The predicted octanol–water partition coefficient (Wildman–Crippen LogP) is 1.94. The summed E-state index contributed by atoms with van der Waals surface area (Å²) in [6.07, 6.45) is 1.73. The quantitative estimate of drug-likeness (QED) is 0.559. The molecule has 0 aliphatic carbocycles. The number of aryl methyl sites for hydroxylation is 1. The molecule has 1 aliphatic heterocycles. The molecule has 0 radical (unpaired) electrons. The van der Waals surface area contributed by atoms with Crippen molar-refractivity contribution >= 4 is 22.5 Å². The molecule has 0 spiro atoms. The van der Waals surface area contributed by atoms with Crippen molar-refractivity contribution in [2.75, 3.05) is 4.90 Å². The van der Waals surface area contributed by atoms with Gasteiger partial charge in [0.1, 0.15) is 5.82 Å². The minimum atomic E-state index is -0.264. The van der Waals surface area contributed by atoms with Gasteiger partial charge in [0.2, 0.25) is 0 Å². The van der Waals surface area contributed by atoms with Crippen LogP contribution in [0.5, 0.6) is 0 Å². The fourth-order valence-electron chi connectivity index (χ4n) is 3.92. The summed E-state index contributed by atoms with van der Waals surface area (Å²) in [5, 5.41) is 12.1. The number of rotatable bonds is 3. The minimum Gasteiger partial charge on any atom is -0.325 e. The van der Waals surface area contributed by atoms with Gasteiger partial charge < -0.3 is 5.73 Å². The maximum Gasteiger partial charge on any atom is 0.272 e. The molecule has 8 heteroatoms. The van der Waals surface area contributed by atoms with Crippen molar-refractivity contribution in [1.82, 2.24) is 20.0 Å². The number of nitrogens with zero attached hydrogens (tertiary/aromatic N) is 4. The summed E-state index contributed by atoms with van der Waals surface area (Å²) >= 11 is 0. The number of anilines is 1. The summed E-state index contributed by atoms with van der Waals surface area (Å²) in [5.41, 5.74) is 9.49. The Morgan fingerprint density at radius 2 is 1.93 bits per heavy atom. The standard InChI is InChI=1S/C21H18N6O2/c1-26-20(27-11-13-4-2-3-5-14(13)21(27)29)17(10-23-26)12-6-7-15-16(8-12)18(9-22)24-25-19(15)28/h2-8,10H,9,11,22H2,1H3,(H,25,28). The monoisotopic (exact) mass is 386 g/mol. The average molecular weight is 386 g/mol. The van der Waals surface area contributed by atoms with E-state index in [0.717, 1.165) is 16.7 Å². The first kappa shape index (κ1) is 17.3. The molecular formula is C21H18N6O2. The molecule has 0 saturated carbocycles. The van der Waals surface area contributed by atoms with Crippen LogP contribution in [0.15, 0.2) is 53.5 Å². The van der Waals surface area contributed by atoms with Gasteiger partial charge >= 0.3 is 0 Å². The van der Waals surface area contributed by atoms with Crippen molar-refractivity contribution in [1.29, 1.82) is 0 Å². The molecule has 0 saturated heterocycles. The van der Waals surface area contributed by atoms with Crippen molar-refractivity contribution in [3.8, 4) is 11.1 Å². The van der Waals surface area contributed by atoms with Crippen molar-refractivity contribution in [2.24, 2.45) is 12.8 Å². The van der Waals surface area contributed by atoms with E-state index in [9.17, 15) is 9.59 Å². The highest BCUT2D eigenvalue weighted by molar-refractivity contribution is 6.11. The molecule has 2 aromatic heterocycles. The summed E-state index contributed by atoms with van der Waals surface area (Å²) in [6, 6.07) is 13.1. The number of H-pyrrole nitrogens is 1. The van der Waals surface area contributed by atoms with Crippen LogP contribution < -0.4 is 16.2 Å². The van der Waals surface area contributed by atoms with E-state index in [-0.39, 0.29) is 18.0 Å². The number of nitrogens with two attached hydrogens (primary N) is 1. The van der Waals surface area contributed by atoms with Crippen LogP contribution in [0.3, 0.4) is 0 Å². The van der Waals surface area contributed by atoms with Gasteiger partial charge in [0.15, 0.2) is 0 Å². The number of fused-ring (bicyclic) bond motifs is 2. The Hall–Kier alpha value is -3.78. The molecule has 144 valence electrons. The smallest absolute Gasteiger partial charge is 0.272 e. The molecule has 5 rings (SSSR count). The second-order valence-corrected chi connectivity index (χ2v) is 7.02. The van der Waals surface area contributed by atoms with Crippen LogP contribution in [-0.2, 0) is 20.1 Å². The Morgan fingerprint density at radius 1 is 1.10 bits per heavy atom. The third-order valence-corrected chi connectivity index (χ3v) is 5.36. The number of nitrogens with one attached hydrogen (secondary N) is 1. The zero-order valence-electron chi connectivity index (χ0n) is 15.7. The molecular weight excluding hydrogens is 368 g/mol. The van der Waals surface area contributed by atoms with E-state index in [1.807, 2.05) is 43.4 Å². The fourth-order valence-corrected chi connectivity index (χ4v) is 3.92. The number of aromatic amines is 1.